The highest BCUT2D eigenvalue weighted by Crippen LogP contribution is 2.35. The molecule has 0 radical (unpaired) electrons. The summed E-state index contributed by atoms with van der Waals surface area (Å²) >= 11 is 3.52. The zero-order valence-electron chi connectivity index (χ0n) is 14.0. The molecule has 3 aromatic rings. The molecule has 0 saturated carbocycles. The quantitative estimate of drug-likeness (QED) is 0.567. The largest absolute Gasteiger partial charge is 0.243 e. The molecule has 0 N–H and O–H groups in total. The lowest BCUT2D eigenvalue weighted by Crippen LogP contribution is -2.32. The fraction of sp³-hybridized carbons (Fsp3) is 0.100. The van der Waals surface area contributed by atoms with Gasteiger partial charge in [0.1, 0.15) is 5.82 Å². The molecule has 0 bridgehead atoms. The predicted octanol–water partition coefficient (Wildman–Crippen LogP) is 5.00. The summed E-state index contributed by atoms with van der Waals surface area (Å²) in [6.45, 7) is 0. The Kier molecular flexibility index (Phi) is 5.55. The maximum Gasteiger partial charge on any atom is 0.243 e. The second kappa shape index (κ2) is 7.70. The average molecular weight is 434 g/mol. The normalized spacial score (nSPS) is 12.9. The third kappa shape index (κ3) is 3.72. The molecule has 3 rings (SSSR count). The maximum absolute atomic E-state index is 13.2. The van der Waals surface area contributed by atoms with Gasteiger partial charge in [0, 0.05) is 11.5 Å². The predicted molar refractivity (Wildman–Crippen MR) is 104 cm³/mol. The Bertz CT molecular complexity index is 992. The van der Waals surface area contributed by atoms with Crippen LogP contribution < -0.4 is 0 Å². The van der Waals surface area contributed by atoms with Crippen molar-refractivity contribution in [3.63, 3.8) is 0 Å². The number of hydrogen-bond acceptors (Lipinski definition) is 2. The molecule has 0 saturated heterocycles. The molecular formula is C20H17BrFNO2S. The molecule has 0 amide bonds. The van der Waals surface area contributed by atoms with Crippen molar-refractivity contribution in [2.24, 2.45) is 0 Å². The van der Waals surface area contributed by atoms with Crippen molar-refractivity contribution in [1.82, 2.24) is 4.31 Å². The number of nitrogens with zero attached hydrogens (tertiary/aromatic N) is 1. The minimum Gasteiger partial charge on any atom is -0.207 e. The van der Waals surface area contributed by atoms with Crippen LogP contribution in [0, 0.1) is 5.82 Å². The van der Waals surface area contributed by atoms with Gasteiger partial charge in [-0.15, -0.1) is 0 Å². The molecule has 0 aliphatic carbocycles. The molecule has 134 valence electrons. The molecule has 3 nitrogen and oxygen atoms in total. The summed E-state index contributed by atoms with van der Waals surface area (Å²) in [6.07, 6.45) is 0. The van der Waals surface area contributed by atoms with Crippen molar-refractivity contribution in [2.75, 3.05) is 7.05 Å². The summed E-state index contributed by atoms with van der Waals surface area (Å²) < 4.78 is 41.6. The number of benzene rings is 3. The molecule has 0 heterocycles. The number of sulfonamides is 1. The lowest BCUT2D eigenvalue weighted by molar-refractivity contribution is 0.417. The monoisotopic (exact) mass is 433 g/mol. The third-order valence-electron chi connectivity index (χ3n) is 4.17. The van der Waals surface area contributed by atoms with E-state index in [1.54, 1.807) is 0 Å². The number of hydrogen-bond donors (Lipinski definition) is 0. The van der Waals surface area contributed by atoms with Crippen LogP contribution in [-0.2, 0) is 10.0 Å². The first-order chi connectivity index (χ1) is 12.4. The minimum atomic E-state index is -3.82. The first-order valence-corrected chi connectivity index (χ1v) is 10.2. The van der Waals surface area contributed by atoms with E-state index in [0.29, 0.717) is 0 Å². The van der Waals surface area contributed by atoms with Crippen molar-refractivity contribution < 1.29 is 12.8 Å². The van der Waals surface area contributed by atoms with Crippen LogP contribution in [0.2, 0.25) is 0 Å². The molecule has 0 spiro atoms. The standard InChI is InChI=1S/C20H17BrFNO2S/c1-23(26(24,25)17-13-11-16(22)12-14-17)20(15-7-3-2-4-8-15)18-9-5-6-10-19(18)21/h2-14,20H,1H3. The van der Waals surface area contributed by atoms with E-state index in [9.17, 15) is 12.8 Å². The first-order valence-electron chi connectivity index (χ1n) is 7.94. The molecule has 6 heteroatoms. The van der Waals surface area contributed by atoms with Gasteiger partial charge in [-0.05, 0) is 41.5 Å². The van der Waals surface area contributed by atoms with Crippen molar-refractivity contribution >= 4 is 26.0 Å². The van der Waals surface area contributed by atoms with Crippen LogP contribution in [0.3, 0.4) is 0 Å². The van der Waals surface area contributed by atoms with Gasteiger partial charge in [0.25, 0.3) is 0 Å². The Labute approximate surface area is 161 Å². The lowest BCUT2D eigenvalue weighted by Gasteiger charge is -2.29. The van der Waals surface area contributed by atoms with Gasteiger partial charge in [0.2, 0.25) is 10.0 Å². The molecular weight excluding hydrogens is 417 g/mol. The van der Waals surface area contributed by atoms with Crippen LogP contribution in [0.15, 0.2) is 88.2 Å². The van der Waals surface area contributed by atoms with Crippen LogP contribution in [0.25, 0.3) is 0 Å². The van der Waals surface area contributed by atoms with E-state index in [1.807, 2.05) is 54.6 Å². The highest BCUT2D eigenvalue weighted by molar-refractivity contribution is 9.10. The number of rotatable bonds is 5. The van der Waals surface area contributed by atoms with Crippen LogP contribution in [-0.4, -0.2) is 19.8 Å². The minimum absolute atomic E-state index is 0.0504. The smallest absolute Gasteiger partial charge is 0.207 e. The average Bonchev–Trinajstić information content (AvgIpc) is 2.64. The molecule has 3 aromatic carbocycles. The van der Waals surface area contributed by atoms with E-state index in [4.69, 9.17) is 0 Å². The van der Waals surface area contributed by atoms with Gasteiger partial charge in [-0.1, -0.05) is 64.5 Å². The molecule has 1 atom stereocenters. The van der Waals surface area contributed by atoms with E-state index in [0.717, 1.165) is 27.7 Å². The Hall–Kier alpha value is -2.02. The van der Waals surface area contributed by atoms with Crippen molar-refractivity contribution in [1.29, 1.82) is 0 Å². The summed E-state index contributed by atoms with van der Waals surface area (Å²) in [5, 5.41) is 0. The van der Waals surface area contributed by atoms with Crippen molar-refractivity contribution in [2.45, 2.75) is 10.9 Å². The van der Waals surface area contributed by atoms with E-state index < -0.39 is 21.9 Å². The lowest BCUT2D eigenvalue weighted by atomic mass is 9.99. The summed E-state index contributed by atoms with van der Waals surface area (Å²) in [7, 11) is -2.28. The van der Waals surface area contributed by atoms with Gasteiger partial charge in [0.05, 0.1) is 10.9 Å². The van der Waals surface area contributed by atoms with Gasteiger partial charge in [-0.25, -0.2) is 12.8 Å². The summed E-state index contributed by atoms with van der Waals surface area (Å²) in [4.78, 5) is 0.0504. The van der Waals surface area contributed by atoms with Crippen LogP contribution in [0.4, 0.5) is 4.39 Å². The second-order valence-corrected chi connectivity index (χ2v) is 8.66. The number of halogens is 2. The Balaban J connectivity index is 2.13. The van der Waals surface area contributed by atoms with Crippen molar-refractivity contribution in [3.05, 3.63) is 100 Å². The topological polar surface area (TPSA) is 37.4 Å². The highest BCUT2D eigenvalue weighted by Gasteiger charge is 2.31. The molecule has 0 aromatic heterocycles. The van der Waals surface area contributed by atoms with Gasteiger partial charge < -0.3 is 0 Å². The molecule has 26 heavy (non-hydrogen) atoms. The highest BCUT2D eigenvalue weighted by atomic mass is 79.9. The van der Waals surface area contributed by atoms with E-state index >= 15 is 0 Å². The summed E-state index contributed by atoms with van der Waals surface area (Å²) in [5.41, 5.74) is 1.67. The van der Waals surface area contributed by atoms with E-state index in [2.05, 4.69) is 15.9 Å². The van der Waals surface area contributed by atoms with E-state index in [-0.39, 0.29) is 4.90 Å². The van der Waals surface area contributed by atoms with Gasteiger partial charge in [-0.2, -0.15) is 4.31 Å². The maximum atomic E-state index is 13.2. The van der Waals surface area contributed by atoms with Crippen LogP contribution in [0.1, 0.15) is 17.2 Å². The molecule has 0 aliphatic rings. The zero-order valence-corrected chi connectivity index (χ0v) is 16.4. The van der Waals surface area contributed by atoms with Crippen LogP contribution in [0.5, 0.6) is 0 Å². The van der Waals surface area contributed by atoms with E-state index in [1.165, 1.54) is 23.5 Å². The summed E-state index contributed by atoms with van der Waals surface area (Å²) in [6, 6.07) is 21.3. The molecule has 1 unspecified atom stereocenters. The van der Waals surface area contributed by atoms with Gasteiger partial charge >= 0.3 is 0 Å². The zero-order chi connectivity index (χ0) is 18.7. The second-order valence-electron chi connectivity index (χ2n) is 5.81. The fourth-order valence-electron chi connectivity index (χ4n) is 2.83. The Morgan fingerprint density at radius 1 is 0.885 bits per heavy atom. The first kappa shape index (κ1) is 18.8. The molecule has 0 fully saturated rings. The molecule has 0 aliphatic heterocycles. The van der Waals surface area contributed by atoms with Crippen molar-refractivity contribution in [3.8, 4) is 0 Å². The SMILES string of the molecule is CN(C(c1ccccc1)c1ccccc1Br)S(=O)(=O)c1ccc(F)cc1. The van der Waals surface area contributed by atoms with Gasteiger partial charge in [0.15, 0.2) is 0 Å². The van der Waals surface area contributed by atoms with Gasteiger partial charge in [-0.3, -0.25) is 0 Å². The third-order valence-corrected chi connectivity index (χ3v) is 6.73. The fourth-order valence-corrected chi connectivity index (χ4v) is 4.66. The van der Waals surface area contributed by atoms with Crippen LogP contribution >= 0.6 is 15.9 Å². The Morgan fingerprint density at radius 2 is 1.46 bits per heavy atom. The Morgan fingerprint density at radius 3 is 2.08 bits per heavy atom. The summed E-state index contributed by atoms with van der Waals surface area (Å²) in [5.74, 6) is -0.475.